The smallest absolute Gasteiger partial charge is 0.307 e. The van der Waals surface area contributed by atoms with Crippen molar-refractivity contribution in [2.24, 2.45) is 0 Å². The van der Waals surface area contributed by atoms with Crippen LogP contribution in [0.2, 0.25) is 0 Å². The maximum atomic E-state index is 12.8. The lowest BCUT2D eigenvalue weighted by atomic mass is 10.2. The second-order valence-corrected chi connectivity index (χ2v) is 7.17. The summed E-state index contributed by atoms with van der Waals surface area (Å²) < 4.78 is 16.2. The number of nitrogens with zero attached hydrogens (tertiary/aromatic N) is 3. The van der Waals surface area contributed by atoms with Crippen molar-refractivity contribution in [3.8, 4) is 0 Å². The number of hydrogen-bond donors (Lipinski definition) is 0. The van der Waals surface area contributed by atoms with Crippen molar-refractivity contribution in [3.05, 3.63) is 30.1 Å². The molecule has 2 fully saturated rings. The fourth-order valence-corrected chi connectivity index (χ4v) is 3.47. The molecule has 0 spiro atoms. The number of pyridine rings is 1. The predicted octanol–water partition coefficient (Wildman–Crippen LogP) is 0.380. The molecule has 9 nitrogen and oxygen atoms in total. The molecule has 1 aromatic rings. The van der Waals surface area contributed by atoms with Crippen LogP contribution in [-0.2, 0) is 35.2 Å². The predicted molar refractivity (Wildman–Crippen MR) is 102 cm³/mol. The molecule has 2 unspecified atom stereocenters. The van der Waals surface area contributed by atoms with E-state index >= 15 is 0 Å². The van der Waals surface area contributed by atoms with Crippen molar-refractivity contribution in [2.75, 3.05) is 39.9 Å². The van der Waals surface area contributed by atoms with Gasteiger partial charge in [0.1, 0.15) is 6.10 Å². The van der Waals surface area contributed by atoms with Crippen molar-refractivity contribution >= 4 is 17.8 Å². The van der Waals surface area contributed by atoms with E-state index in [1.165, 1.54) is 12.0 Å². The van der Waals surface area contributed by atoms with Gasteiger partial charge in [0.2, 0.25) is 5.91 Å². The molecule has 0 N–H and O–H groups in total. The molecule has 2 aliphatic heterocycles. The third-order valence-corrected chi connectivity index (χ3v) is 5.09. The maximum absolute atomic E-state index is 12.8. The molecule has 0 aromatic carbocycles. The largest absolute Gasteiger partial charge is 0.469 e. The van der Waals surface area contributed by atoms with Gasteiger partial charge in [-0.3, -0.25) is 19.4 Å². The van der Waals surface area contributed by atoms with Gasteiger partial charge in [-0.05, 0) is 30.5 Å². The van der Waals surface area contributed by atoms with Crippen LogP contribution in [0.15, 0.2) is 24.5 Å². The summed E-state index contributed by atoms with van der Waals surface area (Å²) in [6.45, 7) is 1.68. The van der Waals surface area contributed by atoms with Crippen molar-refractivity contribution < 1.29 is 28.6 Å². The normalized spacial score (nSPS) is 22.4. The third-order valence-electron chi connectivity index (χ3n) is 5.09. The number of ether oxygens (including phenoxy) is 3. The summed E-state index contributed by atoms with van der Waals surface area (Å²) >= 11 is 0. The van der Waals surface area contributed by atoms with Crippen LogP contribution < -0.4 is 0 Å². The van der Waals surface area contributed by atoms with E-state index < -0.39 is 6.10 Å². The summed E-state index contributed by atoms with van der Waals surface area (Å²) in [5.41, 5.74) is 0.952. The average molecular weight is 405 g/mol. The summed E-state index contributed by atoms with van der Waals surface area (Å²) in [6.07, 6.45) is 4.10. The lowest BCUT2D eigenvalue weighted by molar-refractivity contribution is -0.146. The second kappa shape index (κ2) is 10.3. The Bertz CT molecular complexity index is 707. The van der Waals surface area contributed by atoms with Crippen LogP contribution in [0, 0.1) is 0 Å². The summed E-state index contributed by atoms with van der Waals surface area (Å²) in [5, 5.41) is 0. The Hall–Kier alpha value is -2.52. The zero-order valence-electron chi connectivity index (χ0n) is 16.6. The first-order valence-electron chi connectivity index (χ1n) is 9.82. The van der Waals surface area contributed by atoms with Gasteiger partial charge in [-0.1, -0.05) is 0 Å². The second-order valence-electron chi connectivity index (χ2n) is 7.17. The van der Waals surface area contributed by atoms with Crippen molar-refractivity contribution in [3.63, 3.8) is 0 Å². The first kappa shape index (κ1) is 21.2. The maximum Gasteiger partial charge on any atom is 0.307 e. The number of rotatable bonds is 7. The molecule has 29 heavy (non-hydrogen) atoms. The molecule has 1 aromatic heterocycles. The third kappa shape index (κ3) is 5.98. The number of methoxy groups -OCH3 is 1. The minimum absolute atomic E-state index is 0.0466. The molecule has 9 heteroatoms. The van der Waals surface area contributed by atoms with Crippen molar-refractivity contribution in [1.29, 1.82) is 0 Å². The van der Waals surface area contributed by atoms with E-state index in [2.05, 4.69) is 9.72 Å². The van der Waals surface area contributed by atoms with Gasteiger partial charge < -0.3 is 24.0 Å². The molecule has 0 bridgehead atoms. The lowest BCUT2D eigenvalue weighted by Gasteiger charge is -2.26. The summed E-state index contributed by atoms with van der Waals surface area (Å²) in [4.78, 5) is 44.2. The van der Waals surface area contributed by atoms with Gasteiger partial charge in [0.25, 0.3) is 5.91 Å². The highest BCUT2D eigenvalue weighted by atomic mass is 16.5. The van der Waals surface area contributed by atoms with E-state index in [4.69, 9.17) is 9.47 Å². The Labute approximate surface area is 169 Å². The lowest BCUT2D eigenvalue weighted by Crippen LogP contribution is -2.44. The topological polar surface area (TPSA) is 98.3 Å². The van der Waals surface area contributed by atoms with Crippen LogP contribution in [0.5, 0.6) is 0 Å². The Morgan fingerprint density at radius 2 is 2.07 bits per heavy atom. The van der Waals surface area contributed by atoms with Gasteiger partial charge in [0.05, 0.1) is 32.8 Å². The SMILES string of the molecule is COC(=O)CCN1CC(OCc2ccncc2)CN(C(=O)C2CCCO2)CC1=O. The number of carbonyl (C=O) groups excluding carboxylic acids is 3. The fraction of sp³-hybridized carbons (Fsp3) is 0.600. The standard InChI is InChI=1S/C20H27N3O6/c1-27-19(25)6-9-22-11-16(29-14-15-4-7-21-8-5-15)12-23(13-18(22)24)20(26)17-3-2-10-28-17/h4-5,7-8,16-17H,2-3,6,9-14H2,1H3. The Balaban J connectivity index is 1.68. The summed E-state index contributed by atoms with van der Waals surface area (Å²) in [6, 6.07) is 3.71. The quantitative estimate of drug-likeness (QED) is 0.605. The number of esters is 1. The highest BCUT2D eigenvalue weighted by Gasteiger charge is 2.35. The zero-order valence-corrected chi connectivity index (χ0v) is 16.6. The van der Waals surface area contributed by atoms with Crippen LogP contribution in [0.25, 0.3) is 0 Å². The average Bonchev–Trinajstić information content (AvgIpc) is 3.23. The fourth-order valence-electron chi connectivity index (χ4n) is 3.47. The molecule has 2 saturated heterocycles. The van der Waals surface area contributed by atoms with Crippen molar-refractivity contribution in [1.82, 2.24) is 14.8 Å². The van der Waals surface area contributed by atoms with Gasteiger partial charge in [0.15, 0.2) is 0 Å². The molecule has 158 valence electrons. The Morgan fingerprint density at radius 1 is 1.28 bits per heavy atom. The van der Waals surface area contributed by atoms with Gasteiger partial charge in [-0.2, -0.15) is 0 Å². The van der Waals surface area contributed by atoms with Gasteiger partial charge in [-0.25, -0.2) is 0 Å². The Morgan fingerprint density at radius 3 is 2.76 bits per heavy atom. The number of aromatic nitrogens is 1. The molecule has 3 rings (SSSR count). The van der Waals surface area contributed by atoms with Crippen LogP contribution >= 0.6 is 0 Å². The highest BCUT2D eigenvalue weighted by Crippen LogP contribution is 2.18. The minimum atomic E-state index is -0.495. The van der Waals surface area contributed by atoms with E-state index in [-0.39, 0.29) is 43.4 Å². The number of carbonyl (C=O) groups is 3. The number of hydrogen-bond acceptors (Lipinski definition) is 7. The highest BCUT2D eigenvalue weighted by molar-refractivity contribution is 5.87. The molecule has 0 radical (unpaired) electrons. The minimum Gasteiger partial charge on any atom is -0.469 e. The van der Waals surface area contributed by atoms with Crippen LogP contribution in [0.1, 0.15) is 24.8 Å². The van der Waals surface area contributed by atoms with E-state index in [1.54, 1.807) is 17.3 Å². The Kier molecular flexibility index (Phi) is 7.54. The van der Waals surface area contributed by atoms with Crippen molar-refractivity contribution in [2.45, 2.75) is 38.1 Å². The monoisotopic (exact) mass is 405 g/mol. The molecule has 2 amide bonds. The van der Waals surface area contributed by atoms with Gasteiger partial charge >= 0.3 is 5.97 Å². The van der Waals surface area contributed by atoms with Crippen LogP contribution in [0.3, 0.4) is 0 Å². The van der Waals surface area contributed by atoms with Gasteiger partial charge in [0, 0.05) is 38.6 Å². The van der Waals surface area contributed by atoms with Gasteiger partial charge in [-0.15, -0.1) is 0 Å². The van der Waals surface area contributed by atoms with E-state index in [0.717, 1.165) is 12.0 Å². The van der Waals surface area contributed by atoms with E-state index in [9.17, 15) is 14.4 Å². The molecular weight excluding hydrogens is 378 g/mol. The van der Waals surface area contributed by atoms with E-state index in [0.29, 0.717) is 32.7 Å². The van der Waals surface area contributed by atoms with Crippen LogP contribution in [-0.4, -0.2) is 84.7 Å². The first-order chi connectivity index (χ1) is 14.1. The number of amides is 2. The van der Waals surface area contributed by atoms with E-state index in [1.807, 2.05) is 12.1 Å². The van der Waals surface area contributed by atoms with Crippen LogP contribution in [0.4, 0.5) is 0 Å². The summed E-state index contributed by atoms with van der Waals surface area (Å²) in [5.74, 6) is -0.776. The molecule has 2 atom stereocenters. The first-order valence-corrected chi connectivity index (χ1v) is 9.82. The molecule has 2 aliphatic rings. The molecule has 3 heterocycles. The molecular formula is C20H27N3O6. The molecule has 0 saturated carbocycles. The zero-order chi connectivity index (χ0) is 20.6. The summed E-state index contributed by atoms with van der Waals surface area (Å²) in [7, 11) is 1.31. The molecule has 0 aliphatic carbocycles.